The van der Waals surface area contributed by atoms with Gasteiger partial charge in [-0.2, -0.15) is 5.10 Å². The number of carbonyl (C=O) groups is 1. The second-order valence-corrected chi connectivity index (χ2v) is 7.14. The molecule has 2 aromatic rings. The van der Waals surface area contributed by atoms with Gasteiger partial charge in [0.15, 0.2) is 0 Å². The first-order valence-electron chi connectivity index (χ1n) is 8.48. The first kappa shape index (κ1) is 15.9. The average Bonchev–Trinajstić information content (AvgIpc) is 3.32. The lowest BCUT2D eigenvalue weighted by molar-refractivity contribution is -0.124. The number of amides is 1. The Kier molecular flexibility index (Phi) is 4.20. The number of hydrogen-bond donors (Lipinski definition) is 2. The molecule has 128 valence electrons. The Balaban J connectivity index is 1.49. The molecule has 2 heterocycles. The van der Waals surface area contributed by atoms with Gasteiger partial charge in [0.2, 0.25) is 5.91 Å². The van der Waals surface area contributed by atoms with E-state index in [4.69, 9.17) is 11.6 Å². The summed E-state index contributed by atoms with van der Waals surface area (Å²) in [5.41, 5.74) is 2.01. The van der Waals surface area contributed by atoms with Crippen molar-refractivity contribution in [2.45, 2.75) is 31.5 Å². The van der Waals surface area contributed by atoms with Crippen molar-refractivity contribution in [3.63, 3.8) is 0 Å². The van der Waals surface area contributed by atoms with E-state index >= 15 is 0 Å². The number of rotatable bonds is 4. The first-order chi connectivity index (χ1) is 11.6. The van der Waals surface area contributed by atoms with Crippen LogP contribution in [-0.4, -0.2) is 52.3 Å². The van der Waals surface area contributed by atoms with Crippen LogP contribution in [0.25, 0.3) is 10.9 Å². The maximum atomic E-state index is 12.3. The molecule has 2 aliphatic rings. The highest BCUT2D eigenvalue weighted by molar-refractivity contribution is 6.35. The van der Waals surface area contributed by atoms with Gasteiger partial charge in [-0.15, -0.1) is 0 Å². The maximum Gasteiger partial charge on any atom is 0.238 e. The second kappa shape index (κ2) is 6.35. The molecule has 2 N–H and O–H groups in total. The Morgan fingerprint density at radius 1 is 1.46 bits per heavy atom. The first-order valence-corrected chi connectivity index (χ1v) is 8.86. The smallest absolute Gasteiger partial charge is 0.238 e. The van der Waals surface area contributed by atoms with E-state index in [1.54, 1.807) is 0 Å². The number of aryl methyl sites for hydroxylation is 1. The number of nitrogens with zero attached hydrogens (tertiary/aromatic N) is 3. The minimum atomic E-state index is -0.148. The lowest BCUT2D eigenvalue weighted by atomic mass is 10.1. The van der Waals surface area contributed by atoms with Crippen molar-refractivity contribution in [1.29, 1.82) is 0 Å². The van der Waals surface area contributed by atoms with E-state index in [-0.39, 0.29) is 11.9 Å². The molecule has 1 aromatic heterocycles. The molecule has 1 amide bonds. The Morgan fingerprint density at radius 3 is 3.08 bits per heavy atom. The van der Waals surface area contributed by atoms with Gasteiger partial charge in [0.25, 0.3) is 0 Å². The predicted octanol–water partition coefficient (Wildman–Crippen LogP) is 1.28. The van der Waals surface area contributed by atoms with Crippen molar-refractivity contribution in [2.24, 2.45) is 7.05 Å². The highest BCUT2D eigenvalue weighted by Crippen LogP contribution is 2.27. The number of halogens is 1. The van der Waals surface area contributed by atoms with Crippen LogP contribution in [0.3, 0.4) is 0 Å². The van der Waals surface area contributed by atoms with Gasteiger partial charge in [-0.3, -0.25) is 14.4 Å². The number of fused-ring (bicyclic) bond motifs is 1. The molecule has 1 aliphatic heterocycles. The van der Waals surface area contributed by atoms with Gasteiger partial charge in [0.1, 0.15) is 0 Å². The Labute approximate surface area is 146 Å². The van der Waals surface area contributed by atoms with Gasteiger partial charge in [0, 0.05) is 44.7 Å². The van der Waals surface area contributed by atoms with Crippen molar-refractivity contribution in [2.75, 3.05) is 19.6 Å². The summed E-state index contributed by atoms with van der Waals surface area (Å²) in [6.45, 7) is 3.11. The lowest BCUT2D eigenvalue weighted by Crippen LogP contribution is -2.57. The van der Waals surface area contributed by atoms with Crippen LogP contribution in [0.4, 0.5) is 0 Å². The zero-order chi connectivity index (χ0) is 16.7. The molecule has 1 unspecified atom stereocenters. The van der Waals surface area contributed by atoms with E-state index < -0.39 is 0 Å². The fourth-order valence-corrected chi connectivity index (χ4v) is 3.61. The summed E-state index contributed by atoms with van der Waals surface area (Å²) in [6.07, 6.45) is 2.22. The minimum absolute atomic E-state index is 0.117. The van der Waals surface area contributed by atoms with Crippen LogP contribution in [0, 0.1) is 0 Å². The predicted molar refractivity (Wildman–Crippen MR) is 94.0 cm³/mol. The normalized spacial score (nSPS) is 22.0. The Hall–Kier alpha value is -1.63. The van der Waals surface area contributed by atoms with E-state index in [9.17, 15) is 4.79 Å². The van der Waals surface area contributed by atoms with Crippen molar-refractivity contribution >= 4 is 28.4 Å². The summed E-state index contributed by atoms with van der Waals surface area (Å²) >= 11 is 6.39. The molecule has 1 aromatic carbocycles. The summed E-state index contributed by atoms with van der Waals surface area (Å²) in [6, 6.07) is 6.12. The van der Waals surface area contributed by atoms with Gasteiger partial charge in [0.05, 0.1) is 22.3 Å². The molecular weight excluding hydrogens is 326 g/mol. The molecular formula is C17H22ClN5O. The Morgan fingerprint density at radius 2 is 2.29 bits per heavy atom. The standard InChI is InChI=1S/C17H22ClN5O/c1-22-15-4-2-3-12(18)16(15)13(21-22)9-23-8-7-19-14(10-23)17(24)20-11-5-6-11/h2-4,11,14,19H,5-10H2,1H3,(H,20,24). The van der Waals surface area contributed by atoms with Gasteiger partial charge < -0.3 is 10.6 Å². The molecule has 7 heteroatoms. The van der Waals surface area contributed by atoms with Crippen LogP contribution < -0.4 is 10.6 Å². The SMILES string of the molecule is Cn1nc(CN2CCNC(C(=O)NC3CC3)C2)c2c(Cl)cccc21. The summed E-state index contributed by atoms with van der Waals surface area (Å²) in [5, 5.41) is 12.8. The molecule has 1 saturated heterocycles. The monoisotopic (exact) mass is 347 g/mol. The maximum absolute atomic E-state index is 12.3. The summed E-state index contributed by atoms with van der Waals surface area (Å²) in [7, 11) is 1.94. The van der Waals surface area contributed by atoms with Gasteiger partial charge in [-0.25, -0.2) is 0 Å². The van der Waals surface area contributed by atoms with Crippen LogP contribution in [0.2, 0.25) is 5.02 Å². The zero-order valence-electron chi connectivity index (χ0n) is 13.8. The highest BCUT2D eigenvalue weighted by atomic mass is 35.5. The van der Waals surface area contributed by atoms with Crippen LogP contribution in [0.1, 0.15) is 18.5 Å². The number of carbonyl (C=O) groups excluding carboxylic acids is 1. The average molecular weight is 348 g/mol. The molecule has 1 aliphatic carbocycles. The van der Waals surface area contributed by atoms with Gasteiger partial charge >= 0.3 is 0 Å². The summed E-state index contributed by atoms with van der Waals surface area (Å²) in [5.74, 6) is 0.117. The number of aromatic nitrogens is 2. The molecule has 1 atom stereocenters. The fourth-order valence-electron chi connectivity index (χ4n) is 3.34. The zero-order valence-corrected chi connectivity index (χ0v) is 14.5. The third kappa shape index (κ3) is 3.14. The van der Waals surface area contributed by atoms with Crippen LogP contribution in [0.15, 0.2) is 18.2 Å². The number of benzene rings is 1. The van der Waals surface area contributed by atoms with Crippen LogP contribution >= 0.6 is 11.6 Å². The molecule has 1 saturated carbocycles. The van der Waals surface area contributed by atoms with E-state index in [1.165, 1.54) is 0 Å². The molecule has 4 rings (SSSR count). The van der Waals surface area contributed by atoms with E-state index in [0.717, 1.165) is 47.6 Å². The molecule has 0 spiro atoms. The summed E-state index contributed by atoms with van der Waals surface area (Å²) < 4.78 is 1.87. The number of piperazine rings is 1. The van der Waals surface area contributed by atoms with Crippen molar-refractivity contribution < 1.29 is 4.79 Å². The molecule has 0 bridgehead atoms. The quantitative estimate of drug-likeness (QED) is 0.874. The van der Waals surface area contributed by atoms with Crippen LogP contribution in [-0.2, 0) is 18.4 Å². The molecule has 0 radical (unpaired) electrons. The van der Waals surface area contributed by atoms with Gasteiger partial charge in [-0.05, 0) is 25.0 Å². The number of nitrogens with one attached hydrogen (secondary N) is 2. The van der Waals surface area contributed by atoms with Gasteiger partial charge in [-0.1, -0.05) is 17.7 Å². The molecule has 6 nitrogen and oxygen atoms in total. The number of hydrogen-bond acceptors (Lipinski definition) is 4. The lowest BCUT2D eigenvalue weighted by Gasteiger charge is -2.32. The van der Waals surface area contributed by atoms with E-state index in [1.807, 2.05) is 29.9 Å². The minimum Gasteiger partial charge on any atom is -0.352 e. The Bertz CT molecular complexity index is 770. The van der Waals surface area contributed by atoms with E-state index in [2.05, 4.69) is 20.6 Å². The summed E-state index contributed by atoms with van der Waals surface area (Å²) in [4.78, 5) is 14.6. The van der Waals surface area contributed by atoms with Crippen LogP contribution in [0.5, 0.6) is 0 Å². The van der Waals surface area contributed by atoms with Crippen molar-refractivity contribution in [3.05, 3.63) is 28.9 Å². The molecule has 24 heavy (non-hydrogen) atoms. The van der Waals surface area contributed by atoms with Crippen molar-refractivity contribution in [3.8, 4) is 0 Å². The third-order valence-corrected chi connectivity index (χ3v) is 5.09. The van der Waals surface area contributed by atoms with E-state index in [0.29, 0.717) is 19.1 Å². The molecule has 2 fully saturated rings. The fraction of sp³-hybridized carbons (Fsp3) is 0.529. The largest absolute Gasteiger partial charge is 0.352 e. The second-order valence-electron chi connectivity index (χ2n) is 6.73. The van der Waals surface area contributed by atoms with Crippen molar-refractivity contribution in [1.82, 2.24) is 25.3 Å². The third-order valence-electron chi connectivity index (χ3n) is 4.77. The highest BCUT2D eigenvalue weighted by Gasteiger charge is 2.30. The topological polar surface area (TPSA) is 62.2 Å².